The van der Waals surface area contributed by atoms with E-state index >= 15 is 0 Å². The third-order valence-electron chi connectivity index (χ3n) is 3.25. The maximum absolute atomic E-state index is 13.9. The van der Waals surface area contributed by atoms with Crippen LogP contribution in [0.25, 0.3) is 0 Å². The molecule has 19 heavy (non-hydrogen) atoms. The molecule has 0 bridgehead atoms. The first-order valence-electron chi connectivity index (χ1n) is 6.05. The molecule has 0 radical (unpaired) electrons. The maximum atomic E-state index is 13.9. The van der Waals surface area contributed by atoms with Gasteiger partial charge in [0.1, 0.15) is 5.82 Å². The van der Waals surface area contributed by atoms with Gasteiger partial charge in [-0.3, -0.25) is 0 Å². The van der Waals surface area contributed by atoms with Gasteiger partial charge in [-0.25, -0.2) is 4.39 Å². The van der Waals surface area contributed by atoms with Crippen LogP contribution in [0.3, 0.4) is 0 Å². The van der Waals surface area contributed by atoms with Crippen molar-refractivity contribution < 1.29 is 4.39 Å². The molecule has 2 aromatic rings. The summed E-state index contributed by atoms with van der Waals surface area (Å²) in [4.78, 5) is 2.48. The number of fused-ring (bicyclic) bond motifs is 1. The fourth-order valence-corrected chi connectivity index (χ4v) is 5.01. The molecule has 0 spiro atoms. The zero-order chi connectivity index (χ0) is 13.4. The number of aryl methyl sites for hydroxylation is 1. The molecular formula is C14H13BrFNS2. The lowest BCUT2D eigenvalue weighted by Gasteiger charge is -2.11. The number of hydrogen-bond acceptors (Lipinski definition) is 3. The van der Waals surface area contributed by atoms with Crippen LogP contribution < -0.4 is 5.73 Å². The van der Waals surface area contributed by atoms with Gasteiger partial charge in [0, 0.05) is 25.5 Å². The molecule has 0 saturated heterocycles. The number of nitrogens with two attached hydrogens (primary N) is 1. The predicted octanol–water partition coefficient (Wildman–Crippen LogP) is 4.49. The van der Waals surface area contributed by atoms with E-state index in [1.165, 1.54) is 22.3 Å². The summed E-state index contributed by atoms with van der Waals surface area (Å²) in [6.07, 6.45) is 1.11. The van der Waals surface area contributed by atoms with Gasteiger partial charge in [-0.05, 0) is 42.0 Å². The van der Waals surface area contributed by atoms with Gasteiger partial charge in [0.05, 0.1) is 6.04 Å². The van der Waals surface area contributed by atoms with Crippen molar-refractivity contribution in [3.05, 3.63) is 55.4 Å². The Balaban J connectivity index is 1.97. The Kier molecular flexibility index (Phi) is 3.98. The van der Waals surface area contributed by atoms with Crippen molar-refractivity contribution in [1.29, 1.82) is 0 Å². The first-order chi connectivity index (χ1) is 9.15. The van der Waals surface area contributed by atoms with Crippen LogP contribution in [0.4, 0.5) is 4.39 Å². The highest BCUT2D eigenvalue weighted by Crippen LogP contribution is 2.36. The lowest BCUT2D eigenvalue weighted by molar-refractivity contribution is 0.600. The summed E-state index contributed by atoms with van der Waals surface area (Å²) in [6.45, 7) is 0. The number of benzene rings is 1. The van der Waals surface area contributed by atoms with Crippen LogP contribution in [0.2, 0.25) is 0 Å². The molecule has 1 aromatic carbocycles. The Morgan fingerprint density at radius 3 is 2.95 bits per heavy atom. The summed E-state index contributed by atoms with van der Waals surface area (Å²) in [5.74, 6) is 1.99. The molecule has 0 fully saturated rings. The van der Waals surface area contributed by atoms with Gasteiger partial charge in [-0.15, -0.1) is 11.3 Å². The molecule has 1 unspecified atom stereocenters. The summed E-state index contributed by atoms with van der Waals surface area (Å²) in [7, 11) is 0. The van der Waals surface area contributed by atoms with Crippen molar-refractivity contribution in [2.24, 2.45) is 5.73 Å². The fourth-order valence-electron chi connectivity index (χ4n) is 2.23. The summed E-state index contributed by atoms with van der Waals surface area (Å²) < 4.78 is 14.7. The highest BCUT2D eigenvalue weighted by atomic mass is 79.9. The summed E-state index contributed by atoms with van der Waals surface area (Å²) in [5, 5.41) is 0. The summed E-state index contributed by atoms with van der Waals surface area (Å²) >= 11 is 7.05. The van der Waals surface area contributed by atoms with Gasteiger partial charge in [0.15, 0.2) is 0 Å². The monoisotopic (exact) mass is 357 g/mol. The van der Waals surface area contributed by atoms with Crippen LogP contribution in [-0.2, 0) is 12.2 Å². The number of halogens is 2. The van der Waals surface area contributed by atoms with E-state index in [1.54, 1.807) is 23.5 Å². The second-order valence-electron chi connectivity index (χ2n) is 4.54. The van der Waals surface area contributed by atoms with Gasteiger partial charge in [-0.2, -0.15) is 11.8 Å². The third-order valence-corrected chi connectivity index (χ3v) is 6.07. The fraction of sp³-hybridized carbons (Fsp3) is 0.286. The standard InChI is InChI=1S/C14H13BrFNS2/c15-9-1-2-11(16)10(6-9)14(17)13-5-8-7-18-4-3-12(8)19-13/h1-2,5-6,14H,3-4,7,17H2. The second kappa shape index (κ2) is 5.56. The minimum Gasteiger partial charge on any atom is -0.320 e. The zero-order valence-corrected chi connectivity index (χ0v) is 13.4. The van der Waals surface area contributed by atoms with E-state index in [2.05, 4.69) is 22.0 Å². The van der Waals surface area contributed by atoms with Crippen LogP contribution in [0.1, 0.15) is 26.9 Å². The lowest BCUT2D eigenvalue weighted by atomic mass is 10.0. The number of thiophene rings is 1. The summed E-state index contributed by atoms with van der Waals surface area (Å²) in [6, 6.07) is 6.70. The Bertz CT molecular complexity index is 588. The van der Waals surface area contributed by atoms with Gasteiger partial charge in [0.25, 0.3) is 0 Å². The Morgan fingerprint density at radius 1 is 1.32 bits per heavy atom. The van der Waals surface area contributed by atoms with Crippen molar-refractivity contribution in [3.63, 3.8) is 0 Å². The van der Waals surface area contributed by atoms with Crippen LogP contribution in [-0.4, -0.2) is 5.75 Å². The Morgan fingerprint density at radius 2 is 2.16 bits per heavy atom. The zero-order valence-electron chi connectivity index (χ0n) is 10.2. The van der Waals surface area contributed by atoms with Crippen LogP contribution in [0.15, 0.2) is 28.7 Å². The molecule has 1 aromatic heterocycles. The van der Waals surface area contributed by atoms with Gasteiger partial charge in [-0.1, -0.05) is 15.9 Å². The number of thioether (sulfide) groups is 1. The molecule has 5 heteroatoms. The van der Waals surface area contributed by atoms with Crippen LogP contribution in [0.5, 0.6) is 0 Å². The van der Waals surface area contributed by atoms with Crippen molar-refractivity contribution >= 4 is 39.0 Å². The number of hydrogen-bond donors (Lipinski definition) is 1. The van der Waals surface area contributed by atoms with Gasteiger partial charge >= 0.3 is 0 Å². The van der Waals surface area contributed by atoms with E-state index < -0.39 is 0 Å². The maximum Gasteiger partial charge on any atom is 0.128 e. The largest absolute Gasteiger partial charge is 0.320 e. The minimum atomic E-state index is -0.377. The SMILES string of the molecule is NC(c1cc2c(s1)CCSC2)c1cc(Br)ccc1F. The van der Waals surface area contributed by atoms with Crippen molar-refractivity contribution in [2.45, 2.75) is 18.2 Å². The van der Waals surface area contributed by atoms with E-state index in [-0.39, 0.29) is 11.9 Å². The van der Waals surface area contributed by atoms with Crippen molar-refractivity contribution in [1.82, 2.24) is 0 Å². The highest BCUT2D eigenvalue weighted by Gasteiger charge is 2.20. The second-order valence-corrected chi connectivity index (χ2v) is 7.73. The minimum absolute atomic E-state index is 0.239. The predicted molar refractivity (Wildman–Crippen MR) is 84.3 cm³/mol. The first kappa shape index (κ1) is 13.6. The van der Waals surface area contributed by atoms with E-state index in [0.29, 0.717) is 5.56 Å². The average molecular weight is 358 g/mol. The van der Waals surface area contributed by atoms with E-state index in [4.69, 9.17) is 5.73 Å². The number of rotatable bonds is 2. The molecular weight excluding hydrogens is 345 g/mol. The third kappa shape index (κ3) is 2.75. The first-order valence-corrected chi connectivity index (χ1v) is 8.81. The van der Waals surface area contributed by atoms with Crippen LogP contribution >= 0.6 is 39.0 Å². The molecule has 1 nitrogen and oxygen atoms in total. The highest BCUT2D eigenvalue weighted by molar-refractivity contribution is 9.10. The molecule has 1 atom stereocenters. The van der Waals surface area contributed by atoms with Crippen molar-refractivity contribution in [2.75, 3.05) is 5.75 Å². The molecule has 0 amide bonds. The molecule has 1 aliphatic heterocycles. The quantitative estimate of drug-likeness (QED) is 0.856. The molecule has 100 valence electrons. The Labute approximate surface area is 128 Å². The van der Waals surface area contributed by atoms with E-state index in [0.717, 1.165) is 21.5 Å². The molecule has 0 saturated carbocycles. The topological polar surface area (TPSA) is 26.0 Å². The lowest BCUT2D eigenvalue weighted by Crippen LogP contribution is -2.12. The van der Waals surface area contributed by atoms with E-state index in [9.17, 15) is 4.39 Å². The van der Waals surface area contributed by atoms with Crippen LogP contribution in [0, 0.1) is 5.82 Å². The molecule has 2 N–H and O–H groups in total. The smallest absolute Gasteiger partial charge is 0.128 e. The molecule has 3 rings (SSSR count). The normalized spacial score (nSPS) is 16.2. The summed E-state index contributed by atoms with van der Waals surface area (Å²) in [5.41, 5.74) is 8.17. The van der Waals surface area contributed by atoms with Crippen molar-refractivity contribution in [3.8, 4) is 0 Å². The molecule has 2 heterocycles. The average Bonchev–Trinajstić information content (AvgIpc) is 2.84. The van der Waals surface area contributed by atoms with Gasteiger partial charge in [0.2, 0.25) is 0 Å². The molecule has 1 aliphatic rings. The Hall–Kier alpha value is -0.360. The molecule has 0 aliphatic carbocycles. The van der Waals surface area contributed by atoms with E-state index in [1.807, 2.05) is 11.8 Å². The van der Waals surface area contributed by atoms with Gasteiger partial charge < -0.3 is 5.73 Å².